The van der Waals surface area contributed by atoms with E-state index >= 15 is 0 Å². The second-order valence-corrected chi connectivity index (χ2v) is 11.2. The van der Waals surface area contributed by atoms with E-state index in [0.717, 1.165) is 10.2 Å². The summed E-state index contributed by atoms with van der Waals surface area (Å²) in [6, 6.07) is 16.0. The number of hydrogen-bond donors (Lipinski definition) is 1. The van der Waals surface area contributed by atoms with Gasteiger partial charge in [0.25, 0.3) is 0 Å². The number of para-hydroxylation sites is 1. The summed E-state index contributed by atoms with van der Waals surface area (Å²) < 4.78 is 54.2. The molecule has 1 N–H and O–H groups in total. The maximum atomic E-state index is 12.6. The minimum absolute atomic E-state index is 0.101. The van der Waals surface area contributed by atoms with Crippen LogP contribution in [0.3, 0.4) is 0 Å². The van der Waals surface area contributed by atoms with Crippen LogP contribution in [0, 0.1) is 0 Å². The number of sulfonamides is 2. The molecule has 1 aliphatic rings. The highest BCUT2D eigenvalue weighted by Gasteiger charge is 2.27. The molecule has 10 heteroatoms. The topological polar surface area (TPSA) is 86.8 Å². The average Bonchev–Trinajstić information content (AvgIpc) is 2.69. The molecule has 0 atom stereocenters. The molecule has 28 heavy (non-hydrogen) atoms. The van der Waals surface area contributed by atoms with E-state index in [4.69, 9.17) is 0 Å². The summed E-state index contributed by atoms with van der Waals surface area (Å²) in [4.78, 5) is 2.24. The van der Waals surface area contributed by atoms with Gasteiger partial charge in [0.1, 0.15) is 0 Å². The van der Waals surface area contributed by atoms with E-state index < -0.39 is 20.0 Å². The van der Waals surface area contributed by atoms with E-state index in [0.29, 0.717) is 26.2 Å². The predicted molar refractivity (Wildman–Crippen MR) is 113 cm³/mol. The monoisotopic (exact) mass is 487 g/mol. The molecule has 7 nitrogen and oxygen atoms in total. The predicted octanol–water partition coefficient (Wildman–Crippen LogP) is 1.88. The van der Waals surface area contributed by atoms with Crippen molar-refractivity contribution >= 4 is 41.7 Å². The quantitative estimate of drug-likeness (QED) is 0.644. The van der Waals surface area contributed by atoms with Crippen LogP contribution in [0.15, 0.2) is 64.0 Å². The largest absolute Gasteiger partial charge is 0.369 e. The lowest BCUT2D eigenvalue weighted by Crippen LogP contribution is -2.50. The highest BCUT2D eigenvalue weighted by Crippen LogP contribution is 2.17. The Balaban J connectivity index is 1.52. The molecule has 0 bridgehead atoms. The molecule has 2 aromatic carbocycles. The van der Waals surface area contributed by atoms with E-state index in [1.165, 1.54) is 16.4 Å². The Morgan fingerprint density at radius 2 is 1.46 bits per heavy atom. The van der Waals surface area contributed by atoms with E-state index in [1.807, 2.05) is 30.3 Å². The first-order valence-corrected chi connectivity index (χ1v) is 12.7. The van der Waals surface area contributed by atoms with Crippen molar-refractivity contribution in [1.82, 2.24) is 9.03 Å². The Morgan fingerprint density at radius 1 is 0.857 bits per heavy atom. The van der Waals surface area contributed by atoms with E-state index in [-0.39, 0.29) is 17.2 Å². The third-order valence-corrected chi connectivity index (χ3v) is 8.41. The Kier molecular flexibility index (Phi) is 6.77. The van der Waals surface area contributed by atoms with Gasteiger partial charge < -0.3 is 4.90 Å². The molecule has 0 radical (unpaired) electrons. The summed E-state index contributed by atoms with van der Waals surface area (Å²) in [7, 11) is -7.27. The van der Waals surface area contributed by atoms with Gasteiger partial charge in [0.2, 0.25) is 20.0 Å². The Hall–Kier alpha value is -1.46. The highest BCUT2D eigenvalue weighted by atomic mass is 79.9. The van der Waals surface area contributed by atoms with Gasteiger partial charge in [-0.3, -0.25) is 0 Å². The molecule has 1 heterocycles. The van der Waals surface area contributed by atoms with Crippen LogP contribution in [-0.2, 0) is 20.0 Å². The lowest BCUT2D eigenvalue weighted by molar-refractivity contribution is 0.385. The molecular weight excluding hydrogens is 466 g/mol. The third-order valence-electron chi connectivity index (χ3n) is 4.53. The summed E-state index contributed by atoms with van der Waals surface area (Å²) >= 11 is 3.25. The van der Waals surface area contributed by atoms with Gasteiger partial charge in [-0.15, -0.1) is 0 Å². The number of piperazine rings is 1. The first-order chi connectivity index (χ1) is 13.3. The smallest absolute Gasteiger partial charge is 0.240 e. The van der Waals surface area contributed by atoms with Crippen LogP contribution in [0.2, 0.25) is 0 Å². The second kappa shape index (κ2) is 8.91. The van der Waals surface area contributed by atoms with Crippen LogP contribution in [0.25, 0.3) is 0 Å². The van der Waals surface area contributed by atoms with Crippen molar-refractivity contribution < 1.29 is 16.8 Å². The third kappa shape index (κ3) is 5.32. The number of nitrogens with zero attached hydrogens (tertiary/aromatic N) is 2. The van der Waals surface area contributed by atoms with Crippen LogP contribution in [-0.4, -0.2) is 59.6 Å². The van der Waals surface area contributed by atoms with Crippen molar-refractivity contribution in [2.45, 2.75) is 4.90 Å². The normalized spacial score (nSPS) is 16.2. The summed E-state index contributed by atoms with van der Waals surface area (Å²) in [6.07, 6.45) is 0. The molecule has 0 spiro atoms. The van der Waals surface area contributed by atoms with Gasteiger partial charge >= 0.3 is 0 Å². The van der Waals surface area contributed by atoms with Gasteiger partial charge in [-0.05, 0) is 36.4 Å². The van der Waals surface area contributed by atoms with Gasteiger partial charge in [-0.1, -0.05) is 34.1 Å². The van der Waals surface area contributed by atoms with Crippen LogP contribution in [0.4, 0.5) is 5.69 Å². The minimum Gasteiger partial charge on any atom is -0.369 e. The summed E-state index contributed by atoms with van der Waals surface area (Å²) in [5.74, 6) is -0.270. The fraction of sp³-hybridized carbons (Fsp3) is 0.333. The zero-order valence-corrected chi connectivity index (χ0v) is 18.4. The molecule has 1 aliphatic heterocycles. The summed E-state index contributed by atoms with van der Waals surface area (Å²) in [6.45, 7) is 1.81. The molecule has 2 aromatic rings. The molecule has 1 fully saturated rings. The molecule has 152 valence electrons. The van der Waals surface area contributed by atoms with Crippen LogP contribution >= 0.6 is 15.9 Å². The van der Waals surface area contributed by atoms with Crippen molar-refractivity contribution in [3.05, 3.63) is 59.1 Å². The summed E-state index contributed by atoms with van der Waals surface area (Å²) in [5, 5.41) is 0. The molecular formula is C18H22BrN3O4S2. The number of rotatable bonds is 7. The lowest BCUT2D eigenvalue weighted by atomic mass is 10.2. The van der Waals surface area contributed by atoms with Crippen molar-refractivity contribution in [2.24, 2.45) is 0 Å². The number of halogens is 1. The molecule has 0 unspecified atom stereocenters. The number of nitrogens with one attached hydrogen (secondary N) is 1. The Labute approximate surface area is 174 Å². The highest BCUT2D eigenvalue weighted by molar-refractivity contribution is 9.10. The fourth-order valence-electron chi connectivity index (χ4n) is 2.99. The molecule has 0 aliphatic carbocycles. The average molecular weight is 488 g/mol. The van der Waals surface area contributed by atoms with Crippen molar-refractivity contribution in [1.29, 1.82) is 0 Å². The molecule has 0 aromatic heterocycles. The Morgan fingerprint density at radius 3 is 2.07 bits per heavy atom. The van der Waals surface area contributed by atoms with E-state index in [2.05, 4.69) is 25.6 Å². The first kappa shape index (κ1) is 21.3. The van der Waals surface area contributed by atoms with Gasteiger partial charge in [0.05, 0.1) is 10.6 Å². The van der Waals surface area contributed by atoms with Crippen LogP contribution in [0.5, 0.6) is 0 Å². The minimum atomic E-state index is -3.74. The molecule has 3 rings (SSSR count). The first-order valence-electron chi connectivity index (χ1n) is 8.81. The SMILES string of the molecule is O=S(=O)(NCCS(=O)(=O)N1CCN(c2ccccc2)CC1)c1ccc(Br)cc1. The zero-order chi connectivity index (χ0) is 20.2. The van der Waals surface area contributed by atoms with Gasteiger partial charge in [-0.2, -0.15) is 4.31 Å². The number of anilines is 1. The Bertz CT molecular complexity index is 989. The fourth-order valence-corrected chi connectivity index (χ4v) is 5.76. The van der Waals surface area contributed by atoms with Gasteiger partial charge in [0, 0.05) is 42.9 Å². The lowest BCUT2D eigenvalue weighted by Gasteiger charge is -2.35. The van der Waals surface area contributed by atoms with Crippen molar-refractivity contribution in [3.8, 4) is 0 Å². The standard InChI is InChI=1S/C18H22BrN3O4S2/c19-16-6-8-18(9-7-16)28(25,26)20-10-15-27(23,24)22-13-11-21(12-14-22)17-4-2-1-3-5-17/h1-9,20H,10-15H2. The van der Waals surface area contributed by atoms with Gasteiger partial charge in [0.15, 0.2) is 0 Å². The maximum Gasteiger partial charge on any atom is 0.240 e. The number of hydrogen-bond acceptors (Lipinski definition) is 5. The number of benzene rings is 2. The molecule has 1 saturated heterocycles. The van der Waals surface area contributed by atoms with Gasteiger partial charge in [-0.25, -0.2) is 21.6 Å². The second-order valence-electron chi connectivity index (χ2n) is 6.39. The van der Waals surface area contributed by atoms with Crippen LogP contribution in [0.1, 0.15) is 0 Å². The maximum absolute atomic E-state index is 12.6. The summed E-state index contributed by atoms with van der Waals surface area (Å²) in [5.41, 5.74) is 1.07. The van der Waals surface area contributed by atoms with E-state index in [9.17, 15) is 16.8 Å². The molecule has 0 saturated carbocycles. The van der Waals surface area contributed by atoms with Crippen molar-refractivity contribution in [2.75, 3.05) is 43.4 Å². The van der Waals surface area contributed by atoms with E-state index in [1.54, 1.807) is 12.1 Å². The van der Waals surface area contributed by atoms with Crippen molar-refractivity contribution in [3.63, 3.8) is 0 Å². The van der Waals surface area contributed by atoms with Crippen LogP contribution < -0.4 is 9.62 Å². The zero-order valence-electron chi connectivity index (χ0n) is 15.2. The molecule has 0 amide bonds.